The maximum Gasteiger partial charge on any atom is 0.305 e. The first kappa shape index (κ1) is 9.71. The van der Waals surface area contributed by atoms with E-state index in [9.17, 15) is 4.79 Å². The molecule has 1 rings (SSSR count). The van der Waals surface area contributed by atoms with Crippen molar-refractivity contribution in [3.8, 4) is 0 Å². The van der Waals surface area contributed by atoms with Crippen LogP contribution in [-0.2, 0) is 16.0 Å². The van der Waals surface area contributed by atoms with Crippen LogP contribution in [0.3, 0.4) is 0 Å². The van der Waals surface area contributed by atoms with Gasteiger partial charge in [0, 0.05) is 18.3 Å². The highest BCUT2D eigenvalue weighted by Crippen LogP contribution is 2.01. The highest BCUT2D eigenvalue weighted by molar-refractivity contribution is 5.69. The third kappa shape index (κ3) is 3.69. The lowest BCUT2D eigenvalue weighted by Crippen LogP contribution is -2.00. The summed E-state index contributed by atoms with van der Waals surface area (Å²) in [4.78, 5) is 14.9. The molecule has 0 radical (unpaired) electrons. The molecule has 0 aromatic carbocycles. The van der Waals surface area contributed by atoms with E-state index in [2.05, 4.69) is 9.72 Å². The van der Waals surface area contributed by atoms with Crippen molar-refractivity contribution in [2.75, 3.05) is 7.11 Å². The minimum absolute atomic E-state index is 0.157. The normalized spacial score (nSPS) is 9.62. The molecule has 0 saturated heterocycles. The molecular weight excluding hydrogens is 166 g/mol. The maximum atomic E-state index is 10.8. The Morgan fingerprint density at radius 3 is 3.00 bits per heavy atom. The second-order valence-electron chi connectivity index (χ2n) is 2.75. The molecule has 13 heavy (non-hydrogen) atoms. The summed E-state index contributed by atoms with van der Waals surface area (Å²) in [7, 11) is 1.41. The summed E-state index contributed by atoms with van der Waals surface area (Å²) >= 11 is 0. The zero-order valence-electron chi connectivity index (χ0n) is 7.69. The summed E-state index contributed by atoms with van der Waals surface area (Å²) in [5.41, 5.74) is 1.02. The molecule has 0 spiro atoms. The minimum atomic E-state index is -0.157. The third-order valence-electron chi connectivity index (χ3n) is 1.77. The van der Waals surface area contributed by atoms with Crippen molar-refractivity contribution in [1.29, 1.82) is 0 Å². The summed E-state index contributed by atoms with van der Waals surface area (Å²) < 4.78 is 4.53. The number of pyridine rings is 1. The molecule has 1 aromatic heterocycles. The topological polar surface area (TPSA) is 39.2 Å². The van der Waals surface area contributed by atoms with Crippen LogP contribution in [0.25, 0.3) is 0 Å². The van der Waals surface area contributed by atoms with E-state index < -0.39 is 0 Å². The second kappa shape index (κ2) is 5.30. The van der Waals surface area contributed by atoms with Crippen LogP contribution in [0.2, 0.25) is 0 Å². The van der Waals surface area contributed by atoms with E-state index in [0.29, 0.717) is 6.42 Å². The Labute approximate surface area is 77.8 Å². The fraction of sp³-hybridized carbons (Fsp3) is 0.400. The van der Waals surface area contributed by atoms with Gasteiger partial charge in [-0.3, -0.25) is 9.78 Å². The molecule has 0 aliphatic rings. The maximum absolute atomic E-state index is 10.8. The number of esters is 1. The predicted octanol–water partition coefficient (Wildman–Crippen LogP) is 1.58. The Kier molecular flexibility index (Phi) is 3.96. The Hall–Kier alpha value is -1.38. The SMILES string of the molecule is COC(=O)CCCc1ccccn1. The predicted molar refractivity (Wildman–Crippen MR) is 49.2 cm³/mol. The van der Waals surface area contributed by atoms with Crippen LogP contribution in [-0.4, -0.2) is 18.1 Å². The molecular formula is C10H13NO2. The van der Waals surface area contributed by atoms with E-state index >= 15 is 0 Å². The lowest BCUT2D eigenvalue weighted by Gasteiger charge is -1.99. The van der Waals surface area contributed by atoms with E-state index in [1.807, 2.05) is 18.2 Å². The van der Waals surface area contributed by atoms with Gasteiger partial charge >= 0.3 is 5.97 Å². The number of rotatable bonds is 4. The lowest BCUT2D eigenvalue weighted by atomic mass is 10.2. The molecule has 0 bridgehead atoms. The molecule has 70 valence electrons. The fourth-order valence-electron chi connectivity index (χ4n) is 1.06. The second-order valence-corrected chi connectivity index (χ2v) is 2.75. The van der Waals surface area contributed by atoms with Crippen LogP contribution < -0.4 is 0 Å². The van der Waals surface area contributed by atoms with Crippen molar-refractivity contribution in [3.05, 3.63) is 30.1 Å². The van der Waals surface area contributed by atoms with E-state index in [4.69, 9.17) is 0 Å². The highest BCUT2D eigenvalue weighted by atomic mass is 16.5. The van der Waals surface area contributed by atoms with Gasteiger partial charge in [-0.2, -0.15) is 0 Å². The van der Waals surface area contributed by atoms with Gasteiger partial charge in [-0.25, -0.2) is 0 Å². The minimum Gasteiger partial charge on any atom is -0.469 e. The Morgan fingerprint density at radius 2 is 2.38 bits per heavy atom. The number of hydrogen-bond donors (Lipinski definition) is 0. The van der Waals surface area contributed by atoms with Crippen LogP contribution in [0.1, 0.15) is 18.5 Å². The zero-order chi connectivity index (χ0) is 9.52. The molecule has 0 unspecified atom stereocenters. The Morgan fingerprint density at radius 1 is 1.54 bits per heavy atom. The van der Waals surface area contributed by atoms with Gasteiger partial charge in [0.2, 0.25) is 0 Å². The van der Waals surface area contributed by atoms with E-state index in [-0.39, 0.29) is 5.97 Å². The van der Waals surface area contributed by atoms with E-state index in [1.165, 1.54) is 7.11 Å². The van der Waals surface area contributed by atoms with Crippen LogP contribution in [0.5, 0.6) is 0 Å². The molecule has 0 aliphatic heterocycles. The van der Waals surface area contributed by atoms with Crippen LogP contribution >= 0.6 is 0 Å². The first-order valence-corrected chi connectivity index (χ1v) is 4.29. The van der Waals surface area contributed by atoms with Crippen LogP contribution in [0.4, 0.5) is 0 Å². The summed E-state index contributed by atoms with van der Waals surface area (Å²) in [5.74, 6) is -0.157. The molecule has 0 N–H and O–H groups in total. The van der Waals surface area contributed by atoms with Crippen molar-refractivity contribution in [3.63, 3.8) is 0 Å². The highest BCUT2D eigenvalue weighted by Gasteiger charge is 2.00. The molecule has 3 nitrogen and oxygen atoms in total. The first-order valence-electron chi connectivity index (χ1n) is 4.29. The molecule has 1 heterocycles. The lowest BCUT2D eigenvalue weighted by molar-refractivity contribution is -0.140. The largest absolute Gasteiger partial charge is 0.469 e. The van der Waals surface area contributed by atoms with Crippen molar-refractivity contribution >= 4 is 5.97 Å². The molecule has 0 atom stereocenters. The standard InChI is InChI=1S/C10H13NO2/c1-13-10(12)7-4-6-9-5-2-3-8-11-9/h2-3,5,8H,4,6-7H2,1H3. The van der Waals surface area contributed by atoms with Gasteiger partial charge < -0.3 is 4.74 Å². The Balaban J connectivity index is 2.24. The van der Waals surface area contributed by atoms with Gasteiger partial charge in [0.1, 0.15) is 0 Å². The van der Waals surface area contributed by atoms with Gasteiger partial charge in [-0.15, -0.1) is 0 Å². The number of aryl methyl sites for hydroxylation is 1. The monoisotopic (exact) mass is 179 g/mol. The van der Waals surface area contributed by atoms with Gasteiger partial charge in [0.25, 0.3) is 0 Å². The van der Waals surface area contributed by atoms with Crippen molar-refractivity contribution < 1.29 is 9.53 Å². The number of carbonyl (C=O) groups excluding carboxylic acids is 1. The van der Waals surface area contributed by atoms with Crippen LogP contribution in [0, 0.1) is 0 Å². The van der Waals surface area contributed by atoms with Crippen molar-refractivity contribution in [1.82, 2.24) is 4.98 Å². The van der Waals surface area contributed by atoms with Gasteiger partial charge in [0.15, 0.2) is 0 Å². The number of ether oxygens (including phenoxy) is 1. The first-order chi connectivity index (χ1) is 6.33. The summed E-state index contributed by atoms with van der Waals surface area (Å²) in [6, 6.07) is 5.78. The number of carbonyl (C=O) groups is 1. The average molecular weight is 179 g/mol. The number of aromatic nitrogens is 1. The molecule has 0 amide bonds. The molecule has 0 saturated carbocycles. The molecule has 0 aliphatic carbocycles. The molecule has 0 fully saturated rings. The summed E-state index contributed by atoms with van der Waals surface area (Å²) in [6.07, 6.45) is 3.85. The quantitative estimate of drug-likeness (QED) is 0.659. The summed E-state index contributed by atoms with van der Waals surface area (Å²) in [5, 5.41) is 0. The molecule has 3 heteroatoms. The van der Waals surface area contributed by atoms with Crippen molar-refractivity contribution in [2.24, 2.45) is 0 Å². The zero-order valence-corrected chi connectivity index (χ0v) is 7.69. The van der Waals surface area contributed by atoms with Gasteiger partial charge in [-0.05, 0) is 25.0 Å². The smallest absolute Gasteiger partial charge is 0.305 e. The fourth-order valence-corrected chi connectivity index (χ4v) is 1.06. The Bertz CT molecular complexity index is 259. The van der Waals surface area contributed by atoms with Gasteiger partial charge in [0.05, 0.1) is 7.11 Å². The summed E-state index contributed by atoms with van der Waals surface area (Å²) in [6.45, 7) is 0. The third-order valence-corrected chi connectivity index (χ3v) is 1.77. The number of nitrogens with zero attached hydrogens (tertiary/aromatic N) is 1. The van der Waals surface area contributed by atoms with Crippen molar-refractivity contribution in [2.45, 2.75) is 19.3 Å². The van der Waals surface area contributed by atoms with Gasteiger partial charge in [-0.1, -0.05) is 6.07 Å². The van der Waals surface area contributed by atoms with E-state index in [0.717, 1.165) is 18.5 Å². The van der Waals surface area contributed by atoms with E-state index in [1.54, 1.807) is 6.20 Å². The van der Waals surface area contributed by atoms with Crippen LogP contribution in [0.15, 0.2) is 24.4 Å². The molecule has 1 aromatic rings. The number of methoxy groups -OCH3 is 1. The number of hydrogen-bond acceptors (Lipinski definition) is 3. The average Bonchev–Trinajstić information content (AvgIpc) is 2.19.